The van der Waals surface area contributed by atoms with Crippen molar-refractivity contribution in [2.45, 2.75) is 24.2 Å². The molecule has 1 amide bonds. The van der Waals surface area contributed by atoms with Gasteiger partial charge in [-0.3, -0.25) is 4.79 Å². The Morgan fingerprint density at radius 1 is 0.943 bits per heavy atom. The van der Waals surface area contributed by atoms with Crippen LogP contribution in [-0.2, 0) is 14.8 Å². The first-order valence-electron chi connectivity index (χ1n) is 11.8. The summed E-state index contributed by atoms with van der Waals surface area (Å²) in [7, 11) is -1.69. The Morgan fingerprint density at radius 3 is 2.17 bits per heavy atom. The van der Waals surface area contributed by atoms with Gasteiger partial charge in [0.25, 0.3) is 0 Å². The third-order valence-corrected chi connectivity index (χ3v) is 9.18. The number of halogens is 2. The van der Waals surface area contributed by atoms with Crippen LogP contribution in [0.2, 0.25) is 10.0 Å². The van der Waals surface area contributed by atoms with Gasteiger partial charge in [0, 0.05) is 61.1 Å². The summed E-state index contributed by atoms with van der Waals surface area (Å²) in [5.41, 5.74) is -0.641. The summed E-state index contributed by atoms with van der Waals surface area (Å²) >= 11 is 12.0. The van der Waals surface area contributed by atoms with Crippen LogP contribution in [0, 0.1) is 5.41 Å². The minimum absolute atomic E-state index is 0.0450. The number of rotatable bonds is 7. The highest BCUT2D eigenvalue weighted by Crippen LogP contribution is 2.37. The fourth-order valence-electron chi connectivity index (χ4n) is 4.69. The maximum Gasteiger partial charge on any atom is 0.243 e. The molecule has 2 fully saturated rings. The number of carbonyl (C=O) groups is 1. The van der Waals surface area contributed by atoms with Crippen LogP contribution >= 0.6 is 23.2 Å². The smallest absolute Gasteiger partial charge is 0.243 e. The van der Waals surface area contributed by atoms with E-state index in [1.54, 1.807) is 36.4 Å². The molecule has 0 radical (unpaired) electrons. The lowest BCUT2D eigenvalue weighted by atomic mass is 9.78. The number of ether oxygens (including phenoxy) is 1. The van der Waals surface area contributed by atoms with Gasteiger partial charge >= 0.3 is 0 Å². The molecule has 0 spiro atoms. The monoisotopic (exact) mass is 539 g/mol. The first-order valence-corrected chi connectivity index (χ1v) is 14.0. The van der Waals surface area contributed by atoms with Crippen LogP contribution in [0.25, 0.3) is 0 Å². The van der Waals surface area contributed by atoms with E-state index in [0.717, 1.165) is 13.1 Å². The van der Waals surface area contributed by atoms with E-state index < -0.39 is 15.4 Å². The van der Waals surface area contributed by atoms with Crippen molar-refractivity contribution < 1.29 is 17.9 Å². The zero-order valence-electron chi connectivity index (χ0n) is 19.8. The van der Waals surface area contributed by atoms with Gasteiger partial charge in [-0.15, -0.1) is 0 Å². The number of benzene rings is 2. The third-order valence-electron chi connectivity index (χ3n) is 6.82. The molecule has 4 rings (SSSR count). The van der Waals surface area contributed by atoms with Crippen LogP contribution < -0.4 is 4.74 Å². The van der Waals surface area contributed by atoms with Crippen LogP contribution in [0.5, 0.6) is 5.75 Å². The van der Waals surface area contributed by atoms with Gasteiger partial charge in [-0.2, -0.15) is 4.31 Å². The van der Waals surface area contributed by atoms with Crippen molar-refractivity contribution in [2.75, 3.05) is 52.9 Å². The van der Waals surface area contributed by atoms with Crippen LogP contribution in [0.15, 0.2) is 53.4 Å². The van der Waals surface area contributed by atoms with Crippen molar-refractivity contribution in [3.63, 3.8) is 0 Å². The van der Waals surface area contributed by atoms with Crippen LogP contribution in [-0.4, -0.2) is 81.4 Å². The lowest BCUT2D eigenvalue weighted by molar-refractivity contribution is -0.136. The Hall–Kier alpha value is -1.84. The second-order valence-electron chi connectivity index (χ2n) is 9.50. The van der Waals surface area contributed by atoms with E-state index in [2.05, 4.69) is 4.90 Å². The molecule has 2 aromatic carbocycles. The van der Waals surface area contributed by atoms with E-state index >= 15 is 0 Å². The number of nitrogens with zero attached hydrogens (tertiary/aromatic N) is 3. The van der Waals surface area contributed by atoms with Crippen molar-refractivity contribution >= 4 is 39.1 Å². The Bertz CT molecular complexity index is 1120. The Balaban J connectivity index is 1.56. The summed E-state index contributed by atoms with van der Waals surface area (Å²) < 4.78 is 34.5. The molecular formula is C25H31Cl2N3O4S. The largest absolute Gasteiger partial charge is 0.493 e. The highest BCUT2D eigenvalue weighted by molar-refractivity contribution is 7.89. The van der Waals surface area contributed by atoms with Gasteiger partial charge in [-0.1, -0.05) is 23.2 Å². The van der Waals surface area contributed by atoms with Crippen molar-refractivity contribution in [1.29, 1.82) is 0 Å². The van der Waals surface area contributed by atoms with E-state index in [9.17, 15) is 13.2 Å². The van der Waals surface area contributed by atoms with Gasteiger partial charge in [-0.25, -0.2) is 8.42 Å². The van der Waals surface area contributed by atoms with Crippen molar-refractivity contribution in [1.82, 2.24) is 14.1 Å². The molecule has 10 heteroatoms. The summed E-state index contributed by atoms with van der Waals surface area (Å²) in [6.45, 7) is 3.86. The van der Waals surface area contributed by atoms with Crippen molar-refractivity contribution in [3.8, 4) is 5.75 Å². The molecule has 2 saturated heterocycles. The summed E-state index contributed by atoms with van der Waals surface area (Å²) in [4.78, 5) is 17.6. The number of likely N-dealkylation sites (N-methyl/N-ethyl adjacent to an activating group) is 1. The van der Waals surface area contributed by atoms with Crippen LogP contribution in [0.3, 0.4) is 0 Å². The van der Waals surface area contributed by atoms with Gasteiger partial charge in [0.15, 0.2) is 0 Å². The highest BCUT2D eigenvalue weighted by atomic mass is 35.5. The summed E-state index contributed by atoms with van der Waals surface area (Å²) in [6.07, 6.45) is 1.58. The molecule has 1 unspecified atom stereocenters. The maximum absolute atomic E-state index is 13.4. The molecule has 0 N–H and O–H groups in total. The van der Waals surface area contributed by atoms with Gasteiger partial charge < -0.3 is 14.5 Å². The minimum atomic E-state index is -3.74. The number of carbonyl (C=O) groups excluding carboxylic acids is 1. The predicted molar refractivity (Wildman–Crippen MR) is 138 cm³/mol. The molecule has 0 aromatic heterocycles. The molecule has 2 aliphatic rings. The number of hydrogen-bond acceptors (Lipinski definition) is 5. The Morgan fingerprint density at radius 2 is 1.54 bits per heavy atom. The van der Waals surface area contributed by atoms with Gasteiger partial charge in [0.2, 0.25) is 15.9 Å². The number of piperazine rings is 1. The number of sulfonamides is 1. The molecule has 7 nitrogen and oxygen atoms in total. The van der Waals surface area contributed by atoms with E-state index in [1.807, 2.05) is 11.9 Å². The summed E-state index contributed by atoms with van der Waals surface area (Å²) in [5.74, 6) is 0.682. The average Bonchev–Trinajstić information content (AvgIpc) is 2.84. The third kappa shape index (κ3) is 6.49. The minimum Gasteiger partial charge on any atom is -0.493 e. The van der Waals surface area contributed by atoms with E-state index in [4.69, 9.17) is 27.9 Å². The van der Waals surface area contributed by atoms with Gasteiger partial charge in [0.1, 0.15) is 5.75 Å². The predicted octanol–water partition coefficient (Wildman–Crippen LogP) is 4.01. The Labute approximate surface area is 217 Å². The number of hydrogen-bond donors (Lipinski definition) is 0. The van der Waals surface area contributed by atoms with Crippen molar-refractivity contribution in [2.24, 2.45) is 5.41 Å². The first-order chi connectivity index (χ1) is 16.7. The second kappa shape index (κ2) is 11.0. The number of amides is 1. The molecule has 190 valence electrons. The molecule has 0 aliphatic carbocycles. The molecule has 1 atom stereocenters. The van der Waals surface area contributed by atoms with Crippen molar-refractivity contribution in [3.05, 3.63) is 58.6 Å². The standard InChI is InChI=1S/C25H31Cl2N3O4S/c1-28-13-15-29(16-14-28)24(31)17-25(19-34-22-7-3-20(26)4-8-22)11-2-12-30(18-25)35(32,33)23-9-5-21(27)6-10-23/h3-10H,2,11-19H2,1H3. The fourth-order valence-corrected chi connectivity index (χ4v) is 6.54. The zero-order valence-corrected chi connectivity index (χ0v) is 22.2. The normalized spacial score (nSPS) is 22.2. The lowest BCUT2D eigenvalue weighted by Gasteiger charge is -2.43. The zero-order chi connectivity index (χ0) is 25.1. The molecule has 2 aromatic rings. The lowest BCUT2D eigenvalue weighted by Crippen LogP contribution is -2.53. The van der Waals surface area contributed by atoms with Gasteiger partial charge in [0.05, 0.1) is 11.5 Å². The number of piperidine rings is 1. The average molecular weight is 541 g/mol. The summed E-state index contributed by atoms with van der Waals surface area (Å²) in [6, 6.07) is 13.3. The molecule has 2 aliphatic heterocycles. The summed E-state index contributed by atoms with van der Waals surface area (Å²) in [5, 5.41) is 1.08. The maximum atomic E-state index is 13.4. The van der Waals surface area contributed by atoms with E-state index in [0.29, 0.717) is 48.3 Å². The topological polar surface area (TPSA) is 70.2 Å². The van der Waals surface area contributed by atoms with E-state index in [-0.39, 0.29) is 30.4 Å². The fraction of sp³-hybridized carbons (Fsp3) is 0.480. The van der Waals surface area contributed by atoms with Crippen LogP contribution in [0.1, 0.15) is 19.3 Å². The molecular weight excluding hydrogens is 509 g/mol. The van der Waals surface area contributed by atoms with E-state index in [1.165, 1.54) is 16.4 Å². The van der Waals surface area contributed by atoms with Gasteiger partial charge in [-0.05, 0) is 68.4 Å². The van der Waals surface area contributed by atoms with Crippen LogP contribution in [0.4, 0.5) is 0 Å². The SMILES string of the molecule is CN1CCN(C(=O)CC2(COc3ccc(Cl)cc3)CCCN(S(=O)(=O)c3ccc(Cl)cc3)C2)CC1. The Kier molecular flexibility index (Phi) is 8.28. The molecule has 35 heavy (non-hydrogen) atoms. The highest BCUT2D eigenvalue weighted by Gasteiger charge is 2.43. The molecule has 0 saturated carbocycles. The molecule has 0 bridgehead atoms. The second-order valence-corrected chi connectivity index (χ2v) is 12.3. The molecule has 2 heterocycles. The quantitative estimate of drug-likeness (QED) is 0.531. The first kappa shape index (κ1) is 26.2.